The molecule has 0 saturated heterocycles. The van der Waals surface area contributed by atoms with Gasteiger partial charge in [0.1, 0.15) is 6.10 Å². The molecule has 1 fully saturated rings. The second-order valence-corrected chi connectivity index (χ2v) is 5.42. The van der Waals surface area contributed by atoms with Gasteiger partial charge in [-0.05, 0) is 57.6 Å². The standard InChI is InChI=1S/C15H23NO3/c1-11(2)18-14-4-3-9-16-15(14)19-13-7-5-12(10-17)6-8-13/h3-4,9,11-13,17H,5-8,10H2,1-2H3. The highest BCUT2D eigenvalue weighted by Crippen LogP contribution is 2.31. The zero-order chi connectivity index (χ0) is 13.7. The number of hydrogen-bond donors (Lipinski definition) is 1. The summed E-state index contributed by atoms with van der Waals surface area (Å²) in [6, 6.07) is 3.74. The van der Waals surface area contributed by atoms with E-state index in [2.05, 4.69) is 4.98 Å². The van der Waals surface area contributed by atoms with Crippen LogP contribution in [0.25, 0.3) is 0 Å². The maximum atomic E-state index is 9.14. The second-order valence-electron chi connectivity index (χ2n) is 5.42. The van der Waals surface area contributed by atoms with Crippen LogP contribution in [0.3, 0.4) is 0 Å². The first-order chi connectivity index (χ1) is 9.19. The van der Waals surface area contributed by atoms with E-state index in [9.17, 15) is 0 Å². The van der Waals surface area contributed by atoms with Crippen LogP contribution < -0.4 is 9.47 Å². The van der Waals surface area contributed by atoms with Crippen LogP contribution in [0.2, 0.25) is 0 Å². The van der Waals surface area contributed by atoms with Crippen LogP contribution in [0.15, 0.2) is 18.3 Å². The van der Waals surface area contributed by atoms with Gasteiger partial charge in [0.25, 0.3) is 5.88 Å². The van der Waals surface area contributed by atoms with Gasteiger partial charge in [0.15, 0.2) is 5.75 Å². The molecule has 0 aliphatic heterocycles. The molecule has 0 spiro atoms. The Morgan fingerprint density at radius 3 is 2.68 bits per heavy atom. The summed E-state index contributed by atoms with van der Waals surface area (Å²) >= 11 is 0. The van der Waals surface area contributed by atoms with Crippen molar-refractivity contribution in [3.8, 4) is 11.6 Å². The quantitative estimate of drug-likeness (QED) is 0.889. The first-order valence-electron chi connectivity index (χ1n) is 7.08. The van der Waals surface area contributed by atoms with Crippen molar-refractivity contribution < 1.29 is 14.6 Å². The van der Waals surface area contributed by atoms with Crippen LogP contribution in [0.1, 0.15) is 39.5 Å². The Labute approximate surface area is 114 Å². The van der Waals surface area contributed by atoms with E-state index in [0.29, 0.717) is 17.5 Å². The van der Waals surface area contributed by atoms with Gasteiger partial charge in [-0.25, -0.2) is 4.98 Å². The van der Waals surface area contributed by atoms with Crippen LogP contribution in [0, 0.1) is 5.92 Å². The van der Waals surface area contributed by atoms with Gasteiger partial charge in [-0.2, -0.15) is 0 Å². The Morgan fingerprint density at radius 1 is 1.32 bits per heavy atom. The summed E-state index contributed by atoms with van der Waals surface area (Å²) in [6.45, 7) is 4.27. The molecular formula is C15H23NO3. The van der Waals surface area contributed by atoms with Gasteiger partial charge >= 0.3 is 0 Å². The predicted octanol–water partition coefficient (Wildman–Crippen LogP) is 2.80. The summed E-state index contributed by atoms with van der Waals surface area (Å²) in [4.78, 5) is 4.27. The van der Waals surface area contributed by atoms with E-state index in [1.807, 2.05) is 26.0 Å². The van der Waals surface area contributed by atoms with Gasteiger partial charge < -0.3 is 14.6 Å². The number of ether oxygens (including phenoxy) is 2. The fourth-order valence-corrected chi connectivity index (χ4v) is 2.40. The van der Waals surface area contributed by atoms with E-state index in [1.54, 1.807) is 6.20 Å². The third-order valence-corrected chi connectivity index (χ3v) is 3.43. The number of aliphatic hydroxyl groups excluding tert-OH is 1. The number of aliphatic hydroxyl groups is 1. The molecule has 0 aromatic carbocycles. The largest absolute Gasteiger partial charge is 0.485 e. The summed E-state index contributed by atoms with van der Waals surface area (Å²) in [6.07, 6.45) is 6.01. The molecule has 4 heteroatoms. The third-order valence-electron chi connectivity index (χ3n) is 3.43. The van der Waals surface area contributed by atoms with E-state index in [4.69, 9.17) is 14.6 Å². The topological polar surface area (TPSA) is 51.6 Å². The van der Waals surface area contributed by atoms with Gasteiger partial charge in [-0.1, -0.05) is 0 Å². The van der Waals surface area contributed by atoms with Crippen LogP contribution in [-0.2, 0) is 0 Å². The molecule has 1 aliphatic carbocycles. The summed E-state index contributed by atoms with van der Waals surface area (Å²) in [7, 11) is 0. The van der Waals surface area contributed by atoms with Crippen LogP contribution in [0.5, 0.6) is 11.6 Å². The number of rotatable bonds is 5. The van der Waals surface area contributed by atoms with E-state index in [0.717, 1.165) is 25.7 Å². The van der Waals surface area contributed by atoms with Gasteiger partial charge in [0.05, 0.1) is 6.10 Å². The van der Waals surface area contributed by atoms with Crippen molar-refractivity contribution in [3.63, 3.8) is 0 Å². The van der Waals surface area contributed by atoms with Gasteiger partial charge in [0.2, 0.25) is 0 Å². The molecule has 4 nitrogen and oxygen atoms in total. The molecule has 106 valence electrons. The highest BCUT2D eigenvalue weighted by Gasteiger charge is 2.23. The summed E-state index contributed by atoms with van der Waals surface area (Å²) in [5.41, 5.74) is 0. The van der Waals surface area contributed by atoms with Crippen molar-refractivity contribution in [2.75, 3.05) is 6.61 Å². The molecule has 0 bridgehead atoms. The predicted molar refractivity (Wildman–Crippen MR) is 73.5 cm³/mol. The molecule has 1 saturated carbocycles. The normalized spacial score (nSPS) is 23.4. The zero-order valence-electron chi connectivity index (χ0n) is 11.7. The molecule has 1 aromatic rings. The van der Waals surface area contributed by atoms with Crippen molar-refractivity contribution >= 4 is 0 Å². The SMILES string of the molecule is CC(C)Oc1cccnc1OC1CCC(CO)CC1. The molecule has 19 heavy (non-hydrogen) atoms. The van der Waals surface area contributed by atoms with E-state index in [-0.39, 0.29) is 18.8 Å². The fraction of sp³-hybridized carbons (Fsp3) is 0.667. The van der Waals surface area contributed by atoms with Crippen molar-refractivity contribution in [2.24, 2.45) is 5.92 Å². The van der Waals surface area contributed by atoms with Gasteiger partial charge in [0, 0.05) is 12.8 Å². The molecule has 1 aromatic heterocycles. The molecule has 0 atom stereocenters. The van der Waals surface area contributed by atoms with E-state index >= 15 is 0 Å². The average molecular weight is 265 g/mol. The molecular weight excluding hydrogens is 242 g/mol. The van der Waals surface area contributed by atoms with Gasteiger partial charge in [-0.15, -0.1) is 0 Å². The Kier molecular flexibility index (Phi) is 5.02. The minimum atomic E-state index is 0.108. The third kappa shape index (κ3) is 4.10. The molecule has 0 amide bonds. The Bertz CT molecular complexity index is 387. The molecule has 1 N–H and O–H groups in total. The lowest BCUT2D eigenvalue weighted by atomic mass is 9.88. The summed E-state index contributed by atoms with van der Waals surface area (Å²) in [5, 5.41) is 9.14. The molecule has 0 unspecified atom stereocenters. The highest BCUT2D eigenvalue weighted by atomic mass is 16.5. The maximum absolute atomic E-state index is 9.14. The lowest BCUT2D eigenvalue weighted by Crippen LogP contribution is -2.26. The lowest BCUT2D eigenvalue weighted by Gasteiger charge is -2.28. The van der Waals surface area contributed by atoms with E-state index in [1.165, 1.54) is 0 Å². The number of pyridine rings is 1. The zero-order valence-corrected chi connectivity index (χ0v) is 11.7. The monoisotopic (exact) mass is 265 g/mol. The van der Waals surface area contributed by atoms with Crippen LogP contribution in [0.4, 0.5) is 0 Å². The number of hydrogen-bond acceptors (Lipinski definition) is 4. The molecule has 2 rings (SSSR count). The minimum Gasteiger partial charge on any atom is -0.485 e. The number of aromatic nitrogens is 1. The number of nitrogens with zero attached hydrogens (tertiary/aromatic N) is 1. The molecule has 0 radical (unpaired) electrons. The Morgan fingerprint density at radius 2 is 2.05 bits per heavy atom. The van der Waals surface area contributed by atoms with Crippen molar-refractivity contribution in [1.82, 2.24) is 4.98 Å². The Balaban J connectivity index is 1.95. The minimum absolute atomic E-state index is 0.108. The fourth-order valence-electron chi connectivity index (χ4n) is 2.40. The second kappa shape index (κ2) is 6.75. The molecule has 1 heterocycles. The van der Waals surface area contributed by atoms with Crippen LogP contribution >= 0.6 is 0 Å². The highest BCUT2D eigenvalue weighted by molar-refractivity contribution is 5.32. The lowest BCUT2D eigenvalue weighted by molar-refractivity contribution is 0.0950. The van der Waals surface area contributed by atoms with Crippen LogP contribution in [-0.4, -0.2) is 28.9 Å². The average Bonchev–Trinajstić information content (AvgIpc) is 2.41. The summed E-state index contributed by atoms with van der Waals surface area (Å²) < 4.78 is 11.7. The summed E-state index contributed by atoms with van der Waals surface area (Å²) in [5.74, 6) is 1.74. The van der Waals surface area contributed by atoms with Crippen molar-refractivity contribution in [3.05, 3.63) is 18.3 Å². The smallest absolute Gasteiger partial charge is 0.257 e. The van der Waals surface area contributed by atoms with E-state index < -0.39 is 0 Å². The first-order valence-corrected chi connectivity index (χ1v) is 7.08. The van der Waals surface area contributed by atoms with Crippen molar-refractivity contribution in [2.45, 2.75) is 51.7 Å². The Hall–Kier alpha value is -1.29. The molecule has 1 aliphatic rings. The van der Waals surface area contributed by atoms with Gasteiger partial charge in [-0.3, -0.25) is 0 Å². The first kappa shape index (κ1) is 14.1. The maximum Gasteiger partial charge on any atom is 0.257 e. The van der Waals surface area contributed by atoms with Crippen molar-refractivity contribution in [1.29, 1.82) is 0 Å².